The van der Waals surface area contributed by atoms with Gasteiger partial charge in [-0.25, -0.2) is 0 Å². The largest absolute Gasteiger partial charge is 0.484 e. The van der Waals surface area contributed by atoms with E-state index in [9.17, 15) is 4.79 Å². The predicted molar refractivity (Wildman–Crippen MR) is 123 cm³/mol. The number of aromatic amines is 1. The summed E-state index contributed by atoms with van der Waals surface area (Å²) in [4.78, 5) is 17.1. The van der Waals surface area contributed by atoms with Crippen molar-refractivity contribution in [3.63, 3.8) is 0 Å². The molecule has 0 spiro atoms. The summed E-state index contributed by atoms with van der Waals surface area (Å²) in [6.07, 6.45) is 16.2. The van der Waals surface area contributed by atoms with Crippen LogP contribution in [0.25, 0.3) is 10.2 Å². The highest BCUT2D eigenvalue weighted by atomic mass is 32.1. The summed E-state index contributed by atoms with van der Waals surface area (Å²) >= 11 is 1.60. The standard InChI is InChI=1S/C24H39NO2S/c1-4-6-8-10-12-14-16-20-18-21(26)22-19(3)24(28-23(22)25-20)27-17-15-13-11-9-7-5-2/h18H,4-17H2,1-3H3,(H,25,26). The first-order valence-electron chi connectivity index (χ1n) is 11.5. The van der Waals surface area contributed by atoms with Crippen molar-refractivity contribution in [3.05, 3.63) is 27.5 Å². The van der Waals surface area contributed by atoms with Crippen LogP contribution in [0.2, 0.25) is 0 Å². The minimum absolute atomic E-state index is 0.137. The third-order valence-corrected chi connectivity index (χ3v) is 6.58. The van der Waals surface area contributed by atoms with Crippen molar-refractivity contribution in [2.24, 2.45) is 0 Å². The Morgan fingerprint density at radius 1 is 0.893 bits per heavy atom. The molecule has 0 unspecified atom stereocenters. The molecule has 0 radical (unpaired) electrons. The lowest BCUT2D eigenvalue weighted by Gasteiger charge is -2.04. The van der Waals surface area contributed by atoms with Gasteiger partial charge in [0.25, 0.3) is 0 Å². The highest BCUT2D eigenvalue weighted by Crippen LogP contribution is 2.34. The van der Waals surface area contributed by atoms with Gasteiger partial charge in [-0.05, 0) is 26.2 Å². The van der Waals surface area contributed by atoms with E-state index >= 15 is 0 Å². The van der Waals surface area contributed by atoms with Crippen LogP contribution >= 0.6 is 11.3 Å². The number of rotatable bonds is 15. The van der Waals surface area contributed by atoms with E-state index in [4.69, 9.17) is 4.74 Å². The molecule has 0 amide bonds. The summed E-state index contributed by atoms with van der Waals surface area (Å²) in [6, 6.07) is 1.80. The Morgan fingerprint density at radius 3 is 2.18 bits per heavy atom. The minimum atomic E-state index is 0.137. The normalized spacial score (nSPS) is 11.4. The van der Waals surface area contributed by atoms with Crippen LogP contribution < -0.4 is 10.2 Å². The van der Waals surface area contributed by atoms with E-state index < -0.39 is 0 Å². The zero-order valence-electron chi connectivity index (χ0n) is 18.2. The van der Waals surface area contributed by atoms with Crippen LogP contribution in [0.15, 0.2) is 10.9 Å². The van der Waals surface area contributed by atoms with Crippen molar-refractivity contribution in [2.45, 2.75) is 104 Å². The fourth-order valence-electron chi connectivity index (χ4n) is 3.71. The number of fused-ring (bicyclic) bond motifs is 1. The minimum Gasteiger partial charge on any atom is -0.484 e. The fourth-order valence-corrected chi connectivity index (χ4v) is 4.83. The molecular weight excluding hydrogens is 366 g/mol. The molecule has 2 heterocycles. The average molecular weight is 406 g/mol. The number of hydrogen-bond acceptors (Lipinski definition) is 3. The van der Waals surface area contributed by atoms with Crippen LogP contribution in [-0.4, -0.2) is 11.6 Å². The van der Waals surface area contributed by atoms with Gasteiger partial charge in [0.05, 0.1) is 12.0 Å². The van der Waals surface area contributed by atoms with Crippen LogP contribution in [0, 0.1) is 6.92 Å². The molecule has 0 aliphatic rings. The number of unbranched alkanes of at least 4 members (excludes halogenated alkanes) is 10. The van der Waals surface area contributed by atoms with Gasteiger partial charge in [0.15, 0.2) is 10.5 Å². The zero-order valence-corrected chi connectivity index (χ0v) is 19.0. The Balaban J connectivity index is 1.87. The molecule has 158 valence electrons. The third-order valence-electron chi connectivity index (χ3n) is 5.46. The van der Waals surface area contributed by atoms with Gasteiger partial charge in [0.2, 0.25) is 0 Å². The highest BCUT2D eigenvalue weighted by Gasteiger charge is 2.14. The molecule has 2 aromatic rings. The Bertz CT molecular complexity index is 747. The maximum absolute atomic E-state index is 12.6. The summed E-state index contributed by atoms with van der Waals surface area (Å²) in [5, 5.41) is 1.73. The molecule has 28 heavy (non-hydrogen) atoms. The van der Waals surface area contributed by atoms with Crippen molar-refractivity contribution in [2.75, 3.05) is 6.61 Å². The molecule has 1 N–H and O–H groups in total. The molecule has 4 heteroatoms. The van der Waals surface area contributed by atoms with E-state index in [0.29, 0.717) is 0 Å². The Morgan fingerprint density at radius 2 is 1.50 bits per heavy atom. The Labute approximate surface area is 174 Å². The summed E-state index contributed by atoms with van der Waals surface area (Å²) in [7, 11) is 0. The molecule has 2 rings (SSSR count). The Kier molecular flexibility index (Phi) is 10.7. The van der Waals surface area contributed by atoms with Crippen LogP contribution in [0.5, 0.6) is 5.06 Å². The fraction of sp³-hybridized carbons (Fsp3) is 0.708. The van der Waals surface area contributed by atoms with Gasteiger partial charge < -0.3 is 9.72 Å². The zero-order chi connectivity index (χ0) is 20.2. The molecule has 3 nitrogen and oxygen atoms in total. The maximum Gasteiger partial charge on any atom is 0.190 e. The van der Waals surface area contributed by atoms with Crippen molar-refractivity contribution in [1.82, 2.24) is 4.98 Å². The molecule has 0 fully saturated rings. The second-order valence-electron chi connectivity index (χ2n) is 8.01. The molecule has 0 bridgehead atoms. The van der Waals surface area contributed by atoms with Gasteiger partial charge >= 0.3 is 0 Å². The second-order valence-corrected chi connectivity index (χ2v) is 8.99. The lowest BCUT2D eigenvalue weighted by molar-refractivity contribution is 0.311. The number of ether oxygens (including phenoxy) is 1. The van der Waals surface area contributed by atoms with Gasteiger partial charge in [-0.2, -0.15) is 0 Å². The first-order valence-corrected chi connectivity index (χ1v) is 12.3. The van der Waals surface area contributed by atoms with Gasteiger partial charge in [-0.15, -0.1) is 0 Å². The summed E-state index contributed by atoms with van der Waals surface area (Å²) in [5.74, 6) is 0. The molecule has 0 aliphatic heterocycles. The SMILES string of the molecule is CCCCCCCCOc1sc2[nH]c(CCCCCCCC)cc(=O)c2c1C. The van der Waals surface area contributed by atoms with E-state index in [1.165, 1.54) is 64.2 Å². The molecule has 0 saturated carbocycles. The first kappa shape index (κ1) is 23.0. The van der Waals surface area contributed by atoms with Gasteiger partial charge in [-0.3, -0.25) is 4.79 Å². The van der Waals surface area contributed by atoms with Crippen molar-refractivity contribution >= 4 is 21.6 Å². The number of nitrogens with one attached hydrogen (secondary N) is 1. The number of thiophene rings is 1. The lowest BCUT2D eigenvalue weighted by atomic mass is 10.1. The number of aromatic nitrogens is 1. The molecule has 0 aromatic carbocycles. The van der Waals surface area contributed by atoms with Crippen molar-refractivity contribution in [1.29, 1.82) is 0 Å². The van der Waals surface area contributed by atoms with Crippen LogP contribution in [-0.2, 0) is 6.42 Å². The molecular formula is C24H39NO2S. The van der Waals surface area contributed by atoms with Gasteiger partial charge in [0.1, 0.15) is 4.83 Å². The summed E-state index contributed by atoms with van der Waals surface area (Å²) < 4.78 is 6.02. The van der Waals surface area contributed by atoms with Crippen molar-refractivity contribution < 1.29 is 4.74 Å². The topological polar surface area (TPSA) is 42.1 Å². The van der Waals surface area contributed by atoms with E-state index in [2.05, 4.69) is 18.8 Å². The molecule has 2 aromatic heterocycles. The number of hydrogen-bond donors (Lipinski definition) is 1. The van der Waals surface area contributed by atoms with Gasteiger partial charge in [-0.1, -0.05) is 89.4 Å². The smallest absolute Gasteiger partial charge is 0.190 e. The van der Waals surface area contributed by atoms with Gasteiger partial charge in [0, 0.05) is 17.3 Å². The second kappa shape index (κ2) is 13.0. The number of pyridine rings is 1. The monoisotopic (exact) mass is 405 g/mol. The molecule has 0 atom stereocenters. The average Bonchev–Trinajstić information content (AvgIpc) is 3.00. The first-order chi connectivity index (χ1) is 13.7. The van der Waals surface area contributed by atoms with E-state index in [-0.39, 0.29) is 5.43 Å². The maximum atomic E-state index is 12.6. The summed E-state index contributed by atoms with van der Waals surface area (Å²) in [5.41, 5.74) is 2.20. The van der Waals surface area contributed by atoms with Crippen LogP contribution in [0.3, 0.4) is 0 Å². The van der Waals surface area contributed by atoms with E-state index in [0.717, 1.165) is 52.4 Å². The Hall–Kier alpha value is -1.29. The molecule has 0 aliphatic carbocycles. The lowest BCUT2D eigenvalue weighted by Crippen LogP contribution is -2.05. The van der Waals surface area contributed by atoms with Crippen molar-refractivity contribution in [3.8, 4) is 5.06 Å². The number of H-pyrrole nitrogens is 1. The van der Waals surface area contributed by atoms with E-state index in [1.54, 1.807) is 17.4 Å². The molecule has 0 saturated heterocycles. The summed E-state index contributed by atoms with van der Waals surface area (Å²) in [6.45, 7) is 7.25. The van der Waals surface area contributed by atoms with Crippen LogP contribution in [0.4, 0.5) is 0 Å². The van der Waals surface area contributed by atoms with Crippen LogP contribution in [0.1, 0.15) is 102 Å². The quantitative estimate of drug-likeness (QED) is 0.311. The predicted octanol–water partition coefficient (Wildman–Crippen LogP) is 7.54. The van der Waals surface area contributed by atoms with E-state index in [1.807, 2.05) is 6.92 Å². The third kappa shape index (κ3) is 7.27. The number of aryl methyl sites for hydroxylation is 2. The highest BCUT2D eigenvalue weighted by molar-refractivity contribution is 7.20.